The number of carbonyl (C=O) groups excluding carboxylic acids is 1. The highest BCUT2D eigenvalue weighted by Crippen LogP contribution is 2.06. The summed E-state index contributed by atoms with van der Waals surface area (Å²) in [4.78, 5) is 15.3. The number of nitrogens with one attached hydrogen (secondary N) is 1. The number of aromatic nitrogens is 2. The topological polar surface area (TPSA) is 77.2 Å². The molecule has 90 valence electrons. The second kappa shape index (κ2) is 5.07. The number of hydrogen-bond acceptors (Lipinski definition) is 6. The van der Waals surface area contributed by atoms with Gasteiger partial charge >= 0.3 is 5.97 Å². The maximum absolute atomic E-state index is 11.3. The first-order valence-electron chi connectivity index (χ1n) is 5.08. The molecular weight excluding hydrogens is 210 g/mol. The summed E-state index contributed by atoms with van der Waals surface area (Å²) >= 11 is 0. The Bertz CT molecular complexity index is 354. The third-order valence-corrected chi connectivity index (χ3v) is 1.54. The number of aryl methyl sites for hydroxylation is 1. The molecule has 0 saturated heterocycles. The predicted molar refractivity (Wildman–Crippen MR) is 56.6 cm³/mol. The van der Waals surface area contributed by atoms with E-state index in [2.05, 4.69) is 15.5 Å². The van der Waals surface area contributed by atoms with Gasteiger partial charge in [-0.25, -0.2) is 0 Å². The van der Waals surface area contributed by atoms with E-state index in [9.17, 15) is 4.79 Å². The summed E-state index contributed by atoms with van der Waals surface area (Å²) in [6.45, 7) is 7.70. The van der Waals surface area contributed by atoms with E-state index in [-0.39, 0.29) is 12.5 Å². The zero-order chi connectivity index (χ0) is 12.2. The van der Waals surface area contributed by atoms with Gasteiger partial charge in [0.1, 0.15) is 5.60 Å². The van der Waals surface area contributed by atoms with Crippen LogP contribution in [-0.4, -0.2) is 28.3 Å². The summed E-state index contributed by atoms with van der Waals surface area (Å²) < 4.78 is 9.98. The second-order valence-corrected chi connectivity index (χ2v) is 4.43. The van der Waals surface area contributed by atoms with Crippen LogP contribution in [0.15, 0.2) is 4.52 Å². The molecule has 0 aliphatic carbocycles. The molecule has 0 aromatic carbocycles. The van der Waals surface area contributed by atoms with Crippen molar-refractivity contribution in [2.45, 2.75) is 39.8 Å². The van der Waals surface area contributed by atoms with Gasteiger partial charge in [-0.1, -0.05) is 5.16 Å². The molecule has 0 amide bonds. The van der Waals surface area contributed by atoms with Crippen LogP contribution in [0.1, 0.15) is 32.5 Å². The van der Waals surface area contributed by atoms with Crippen molar-refractivity contribution in [2.24, 2.45) is 0 Å². The van der Waals surface area contributed by atoms with Crippen molar-refractivity contribution in [1.29, 1.82) is 0 Å². The fraction of sp³-hybridized carbons (Fsp3) is 0.700. The lowest BCUT2D eigenvalue weighted by atomic mass is 10.2. The van der Waals surface area contributed by atoms with Crippen LogP contribution in [0.2, 0.25) is 0 Å². The Morgan fingerprint density at radius 1 is 1.50 bits per heavy atom. The van der Waals surface area contributed by atoms with Crippen LogP contribution >= 0.6 is 0 Å². The molecule has 1 N–H and O–H groups in total. The zero-order valence-corrected chi connectivity index (χ0v) is 10.0. The molecule has 6 heteroatoms. The van der Waals surface area contributed by atoms with Crippen molar-refractivity contribution in [3.8, 4) is 0 Å². The van der Waals surface area contributed by atoms with Crippen LogP contribution in [0.4, 0.5) is 0 Å². The molecule has 6 nitrogen and oxygen atoms in total. The number of hydrogen-bond donors (Lipinski definition) is 1. The molecular formula is C10H17N3O3. The molecule has 0 radical (unpaired) electrons. The molecule has 1 aromatic heterocycles. The highest BCUT2D eigenvalue weighted by Gasteiger charge is 2.15. The fourth-order valence-corrected chi connectivity index (χ4v) is 1.06. The van der Waals surface area contributed by atoms with Gasteiger partial charge in [0, 0.05) is 0 Å². The van der Waals surface area contributed by atoms with Crippen LogP contribution in [0.25, 0.3) is 0 Å². The zero-order valence-electron chi connectivity index (χ0n) is 10.0. The highest BCUT2D eigenvalue weighted by atomic mass is 16.6. The van der Waals surface area contributed by atoms with E-state index < -0.39 is 5.60 Å². The van der Waals surface area contributed by atoms with E-state index in [1.165, 1.54) is 0 Å². The smallest absolute Gasteiger partial charge is 0.320 e. The fourth-order valence-electron chi connectivity index (χ4n) is 1.06. The summed E-state index contributed by atoms with van der Waals surface area (Å²) in [6, 6.07) is 0. The van der Waals surface area contributed by atoms with Gasteiger partial charge in [0.2, 0.25) is 5.89 Å². The van der Waals surface area contributed by atoms with E-state index >= 15 is 0 Å². The number of nitrogens with zero attached hydrogens (tertiary/aromatic N) is 2. The van der Waals surface area contributed by atoms with Crippen LogP contribution < -0.4 is 5.32 Å². The van der Waals surface area contributed by atoms with Crippen molar-refractivity contribution in [2.75, 3.05) is 6.54 Å². The average molecular weight is 227 g/mol. The van der Waals surface area contributed by atoms with Gasteiger partial charge in [-0.3, -0.25) is 10.1 Å². The molecule has 0 spiro atoms. The predicted octanol–water partition coefficient (Wildman–Crippen LogP) is 0.809. The molecule has 0 atom stereocenters. The lowest BCUT2D eigenvalue weighted by molar-refractivity contribution is -0.153. The Labute approximate surface area is 94.4 Å². The molecule has 1 rings (SSSR count). The van der Waals surface area contributed by atoms with E-state index in [0.29, 0.717) is 18.3 Å². The molecule has 1 aromatic rings. The van der Waals surface area contributed by atoms with E-state index in [0.717, 1.165) is 0 Å². The maximum atomic E-state index is 11.3. The Hall–Kier alpha value is -1.43. The Kier molecular flexibility index (Phi) is 4.00. The highest BCUT2D eigenvalue weighted by molar-refractivity contribution is 5.72. The maximum Gasteiger partial charge on any atom is 0.320 e. The summed E-state index contributed by atoms with van der Waals surface area (Å²) in [5.74, 6) is 0.735. The Morgan fingerprint density at radius 3 is 2.69 bits per heavy atom. The van der Waals surface area contributed by atoms with Crippen molar-refractivity contribution in [3.63, 3.8) is 0 Å². The Balaban J connectivity index is 2.23. The summed E-state index contributed by atoms with van der Waals surface area (Å²) in [5.41, 5.74) is -0.458. The second-order valence-electron chi connectivity index (χ2n) is 4.43. The van der Waals surface area contributed by atoms with Crippen LogP contribution in [-0.2, 0) is 16.1 Å². The lowest BCUT2D eigenvalue weighted by Crippen LogP contribution is -2.31. The van der Waals surface area contributed by atoms with Crippen molar-refractivity contribution >= 4 is 5.97 Å². The number of esters is 1. The van der Waals surface area contributed by atoms with Crippen LogP contribution in [0.3, 0.4) is 0 Å². The van der Waals surface area contributed by atoms with E-state index in [1.54, 1.807) is 6.92 Å². The third-order valence-electron chi connectivity index (χ3n) is 1.54. The van der Waals surface area contributed by atoms with Crippen LogP contribution in [0, 0.1) is 6.92 Å². The summed E-state index contributed by atoms with van der Waals surface area (Å²) in [7, 11) is 0. The van der Waals surface area contributed by atoms with Gasteiger partial charge in [0.05, 0.1) is 13.1 Å². The monoisotopic (exact) mass is 227 g/mol. The molecule has 0 aliphatic rings. The lowest BCUT2D eigenvalue weighted by Gasteiger charge is -2.19. The number of rotatable bonds is 4. The number of ether oxygens (including phenoxy) is 1. The molecule has 0 bridgehead atoms. The molecule has 0 unspecified atom stereocenters. The third kappa shape index (κ3) is 4.88. The van der Waals surface area contributed by atoms with Gasteiger partial charge in [-0.15, -0.1) is 0 Å². The average Bonchev–Trinajstić information content (AvgIpc) is 2.48. The standard InChI is InChI=1S/C10H17N3O3/c1-7-12-8(16-13-7)5-11-6-9(14)15-10(2,3)4/h11H,5-6H2,1-4H3. The van der Waals surface area contributed by atoms with Crippen LogP contribution in [0.5, 0.6) is 0 Å². The van der Waals surface area contributed by atoms with Gasteiger partial charge in [0.25, 0.3) is 0 Å². The minimum Gasteiger partial charge on any atom is -0.459 e. The largest absolute Gasteiger partial charge is 0.459 e. The summed E-state index contributed by atoms with van der Waals surface area (Å²) in [5, 5.41) is 6.50. The Morgan fingerprint density at radius 2 is 2.19 bits per heavy atom. The molecule has 0 aliphatic heterocycles. The molecule has 1 heterocycles. The minimum absolute atomic E-state index is 0.124. The first kappa shape index (κ1) is 12.6. The molecule has 0 fully saturated rings. The van der Waals surface area contributed by atoms with E-state index in [1.807, 2.05) is 20.8 Å². The van der Waals surface area contributed by atoms with Crippen molar-refractivity contribution < 1.29 is 14.1 Å². The van der Waals surface area contributed by atoms with Crippen molar-refractivity contribution in [3.05, 3.63) is 11.7 Å². The quantitative estimate of drug-likeness (QED) is 0.767. The van der Waals surface area contributed by atoms with Crippen molar-refractivity contribution in [1.82, 2.24) is 15.5 Å². The van der Waals surface area contributed by atoms with Gasteiger partial charge in [-0.2, -0.15) is 4.98 Å². The summed E-state index contributed by atoms with van der Waals surface area (Å²) in [6.07, 6.45) is 0. The van der Waals surface area contributed by atoms with Gasteiger partial charge in [-0.05, 0) is 27.7 Å². The van der Waals surface area contributed by atoms with E-state index in [4.69, 9.17) is 9.26 Å². The minimum atomic E-state index is -0.458. The normalized spacial score (nSPS) is 11.5. The molecule has 0 saturated carbocycles. The SMILES string of the molecule is Cc1noc(CNCC(=O)OC(C)(C)C)n1. The van der Waals surface area contributed by atoms with Gasteiger partial charge < -0.3 is 9.26 Å². The molecule has 16 heavy (non-hydrogen) atoms. The first-order valence-corrected chi connectivity index (χ1v) is 5.08. The van der Waals surface area contributed by atoms with Gasteiger partial charge in [0.15, 0.2) is 5.82 Å². The first-order chi connectivity index (χ1) is 7.37. The number of carbonyl (C=O) groups is 1.